The number of hydrogen-bond acceptors (Lipinski definition) is 7. The van der Waals surface area contributed by atoms with Gasteiger partial charge in [-0.25, -0.2) is 0 Å². The predicted molar refractivity (Wildman–Crippen MR) is 135 cm³/mol. The zero-order chi connectivity index (χ0) is 22.1. The van der Waals surface area contributed by atoms with E-state index in [4.69, 9.17) is 19.0 Å². The highest BCUT2D eigenvalue weighted by Crippen LogP contribution is 2.24. The van der Waals surface area contributed by atoms with Crippen LogP contribution in [0.2, 0.25) is 0 Å². The second-order valence-electron chi connectivity index (χ2n) is 7.69. The fourth-order valence-corrected chi connectivity index (χ4v) is 3.69. The molecule has 1 fully saturated rings. The highest BCUT2D eigenvalue weighted by atomic mass is 127. The summed E-state index contributed by atoms with van der Waals surface area (Å²) >= 11 is 0. The minimum Gasteiger partial charge on any atom is -0.497 e. The number of aromatic nitrogens is 2. The van der Waals surface area contributed by atoms with Gasteiger partial charge in [0.1, 0.15) is 11.5 Å². The molecular weight excluding hydrogens is 523 g/mol. The van der Waals surface area contributed by atoms with E-state index in [0.29, 0.717) is 24.3 Å². The fourth-order valence-electron chi connectivity index (χ4n) is 3.69. The van der Waals surface area contributed by atoms with Crippen molar-refractivity contribution >= 4 is 29.9 Å². The molecule has 32 heavy (non-hydrogen) atoms. The van der Waals surface area contributed by atoms with E-state index in [9.17, 15) is 0 Å². The van der Waals surface area contributed by atoms with Gasteiger partial charge in [0.05, 0.1) is 14.2 Å². The predicted octanol–water partition coefficient (Wildman–Crippen LogP) is 2.78. The van der Waals surface area contributed by atoms with Gasteiger partial charge in [-0.2, -0.15) is 4.98 Å². The monoisotopic (exact) mass is 558 g/mol. The van der Waals surface area contributed by atoms with E-state index in [2.05, 4.69) is 44.7 Å². The Balaban J connectivity index is 0.00000363. The Morgan fingerprint density at radius 1 is 1.25 bits per heavy atom. The molecule has 0 bridgehead atoms. The van der Waals surface area contributed by atoms with Crippen LogP contribution in [-0.4, -0.2) is 67.4 Å². The number of hydrogen-bond donors (Lipinski definition) is 2. The molecular formula is C22H35IN6O3. The molecule has 178 valence electrons. The lowest BCUT2D eigenvalue weighted by Crippen LogP contribution is -2.44. The van der Waals surface area contributed by atoms with Gasteiger partial charge in [0.2, 0.25) is 5.89 Å². The van der Waals surface area contributed by atoms with Crippen molar-refractivity contribution in [2.24, 2.45) is 4.99 Å². The lowest BCUT2D eigenvalue weighted by atomic mass is 10.2. The normalized spacial score (nSPS) is 16.5. The Bertz CT molecular complexity index is 838. The zero-order valence-corrected chi connectivity index (χ0v) is 21.7. The van der Waals surface area contributed by atoms with Crippen LogP contribution in [-0.2, 0) is 13.0 Å². The number of guanidine groups is 1. The van der Waals surface area contributed by atoms with E-state index in [1.165, 1.54) is 5.56 Å². The number of ether oxygens (including phenoxy) is 2. The third-order valence-electron chi connectivity index (χ3n) is 5.16. The van der Waals surface area contributed by atoms with Crippen LogP contribution in [0, 0.1) is 6.92 Å². The summed E-state index contributed by atoms with van der Waals surface area (Å²) in [4.78, 5) is 11.4. The van der Waals surface area contributed by atoms with Crippen LogP contribution in [0.5, 0.6) is 11.5 Å². The highest BCUT2D eigenvalue weighted by molar-refractivity contribution is 14.0. The minimum absolute atomic E-state index is 0. The number of nitrogens with zero attached hydrogens (tertiary/aromatic N) is 4. The van der Waals surface area contributed by atoms with Crippen molar-refractivity contribution in [3.8, 4) is 11.5 Å². The number of aryl methyl sites for hydroxylation is 2. The first-order valence-electron chi connectivity index (χ1n) is 10.9. The molecule has 2 heterocycles. The maximum atomic E-state index is 5.39. The molecule has 0 saturated carbocycles. The molecule has 1 aromatic heterocycles. The molecule has 3 rings (SSSR count). The molecule has 1 aliphatic heterocycles. The van der Waals surface area contributed by atoms with Crippen molar-refractivity contribution in [1.82, 2.24) is 25.7 Å². The molecule has 1 aliphatic rings. The number of rotatable bonds is 10. The molecule has 1 unspecified atom stereocenters. The first-order chi connectivity index (χ1) is 15.1. The molecule has 0 aliphatic carbocycles. The van der Waals surface area contributed by atoms with Crippen LogP contribution in [0.25, 0.3) is 0 Å². The highest BCUT2D eigenvalue weighted by Gasteiger charge is 2.23. The quantitative estimate of drug-likeness (QED) is 0.199. The number of benzene rings is 1. The van der Waals surface area contributed by atoms with Gasteiger partial charge in [-0.3, -0.25) is 9.89 Å². The molecule has 0 amide bonds. The second kappa shape index (κ2) is 13.5. The summed E-state index contributed by atoms with van der Waals surface area (Å²) in [6.07, 6.45) is 2.68. The maximum absolute atomic E-state index is 5.39. The van der Waals surface area contributed by atoms with Gasteiger partial charge in [0.25, 0.3) is 0 Å². The average Bonchev–Trinajstić information content (AvgIpc) is 3.39. The van der Waals surface area contributed by atoms with E-state index < -0.39 is 0 Å². The largest absolute Gasteiger partial charge is 0.497 e. The molecule has 2 N–H and O–H groups in total. The Labute approximate surface area is 207 Å². The summed E-state index contributed by atoms with van der Waals surface area (Å²) in [5, 5.41) is 10.7. The van der Waals surface area contributed by atoms with Crippen LogP contribution in [0.3, 0.4) is 0 Å². The topological polar surface area (TPSA) is 97.0 Å². The number of halogens is 1. The summed E-state index contributed by atoms with van der Waals surface area (Å²) < 4.78 is 15.9. The van der Waals surface area contributed by atoms with Gasteiger partial charge in [0, 0.05) is 51.3 Å². The second-order valence-corrected chi connectivity index (χ2v) is 7.69. The minimum atomic E-state index is 0. The SMILES string of the molecule is CCNC(=NCCCc1nc(C)no1)NC1CCN(Cc2cc(OC)cc(OC)c2)C1.I. The van der Waals surface area contributed by atoms with Gasteiger partial charge >= 0.3 is 0 Å². The summed E-state index contributed by atoms with van der Waals surface area (Å²) in [7, 11) is 3.36. The summed E-state index contributed by atoms with van der Waals surface area (Å²) in [5.41, 5.74) is 1.19. The maximum Gasteiger partial charge on any atom is 0.226 e. The molecule has 1 saturated heterocycles. The average molecular weight is 558 g/mol. The fraction of sp³-hybridized carbons (Fsp3) is 0.591. The molecule has 9 nitrogen and oxygen atoms in total. The van der Waals surface area contributed by atoms with Crippen LogP contribution in [0.15, 0.2) is 27.7 Å². The summed E-state index contributed by atoms with van der Waals surface area (Å²) in [6, 6.07) is 6.40. The van der Waals surface area contributed by atoms with Crippen molar-refractivity contribution in [3.05, 3.63) is 35.5 Å². The van der Waals surface area contributed by atoms with Gasteiger partial charge in [-0.1, -0.05) is 5.16 Å². The van der Waals surface area contributed by atoms with E-state index in [1.807, 2.05) is 13.0 Å². The van der Waals surface area contributed by atoms with Gasteiger partial charge in [-0.15, -0.1) is 24.0 Å². The molecule has 1 aromatic carbocycles. The van der Waals surface area contributed by atoms with E-state index in [-0.39, 0.29) is 24.0 Å². The summed E-state index contributed by atoms with van der Waals surface area (Å²) in [5.74, 6) is 3.85. The van der Waals surface area contributed by atoms with Crippen LogP contribution in [0.1, 0.15) is 37.0 Å². The number of likely N-dealkylation sites (tertiary alicyclic amines) is 1. The smallest absolute Gasteiger partial charge is 0.226 e. The number of nitrogens with one attached hydrogen (secondary N) is 2. The van der Waals surface area contributed by atoms with Crippen molar-refractivity contribution < 1.29 is 14.0 Å². The van der Waals surface area contributed by atoms with Crippen molar-refractivity contribution in [1.29, 1.82) is 0 Å². The third-order valence-corrected chi connectivity index (χ3v) is 5.16. The van der Waals surface area contributed by atoms with Crippen molar-refractivity contribution in [2.75, 3.05) is 40.4 Å². The van der Waals surface area contributed by atoms with E-state index in [1.54, 1.807) is 14.2 Å². The van der Waals surface area contributed by atoms with Crippen molar-refractivity contribution in [2.45, 2.75) is 45.7 Å². The Kier molecular flexibility index (Phi) is 11.0. The van der Waals surface area contributed by atoms with Gasteiger partial charge < -0.3 is 24.6 Å². The number of methoxy groups -OCH3 is 2. The molecule has 0 radical (unpaired) electrons. The molecule has 10 heteroatoms. The van der Waals surface area contributed by atoms with E-state index >= 15 is 0 Å². The van der Waals surface area contributed by atoms with Gasteiger partial charge in [-0.05, 0) is 44.4 Å². The lowest BCUT2D eigenvalue weighted by Gasteiger charge is -2.19. The molecule has 1 atom stereocenters. The standard InChI is InChI=1S/C22H34N6O3.HI/c1-5-23-22(24-9-6-7-21-25-16(2)27-31-21)26-18-8-10-28(15-18)14-17-11-19(29-3)13-20(12-17)30-4;/h11-13,18H,5-10,14-15H2,1-4H3,(H2,23,24,26);1H. The Hall–Kier alpha value is -2.08. The Morgan fingerprint density at radius 3 is 2.62 bits per heavy atom. The van der Waals surface area contributed by atoms with Crippen molar-refractivity contribution in [3.63, 3.8) is 0 Å². The first-order valence-corrected chi connectivity index (χ1v) is 10.9. The third kappa shape index (κ3) is 8.12. The number of aliphatic imine (C=N–C) groups is 1. The lowest BCUT2D eigenvalue weighted by molar-refractivity contribution is 0.321. The van der Waals surface area contributed by atoms with Crippen LogP contribution >= 0.6 is 24.0 Å². The van der Waals surface area contributed by atoms with Gasteiger partial charge in [0.15, 0.2) is 11.8 Å². The zero-order valence-electron chi connectivity index (χ0n) is 19.4. The van der Waals surface area contributed by atoms with E-state index in [0.717, 1.165) is 62.9 Å². The summed E-state index contributed by atoms with van der Waals surface area (Å²) in [6.45, 7) is 8.30. The Morgan fingerprint density at radius 2 is 2.00 bits per heavy atom. The molecule has 2 aromatic rings. The van der Waals surface area contributed by atoms with Crippen LogP contribution in [0.4, 0.5) is 0 Å². The first kappa shape index (κ1) is 26.2. The van der Waals surface area contributed by atoms with Crippen LogP contribution < -0.4 is 20.1 Å². The molecule has 0 spiro atoms.